The van der Waals surface area contributed by atoms with Crippen LogP contribution in [0, 0.1) is 0 Å². The number of anilines is 1. The Balaban J connectivity index is 1.84. The van der Waals surface area contributed by atoms with Crippen LogP contribution in [0.4, 0.5) is 23.7 Å². The predicted octanol–water partition coefficient (Wildman–Crippen LogP) is 2.26. The predicted molar refractivity (Wildman–Crippen MR) is 89.2 cm³/mol. The molecule has 12 heteroatoms. The highest BCUT2D eigenvalue weighted by Crippen LogP contribution is 2.29. The summed E-state index contributed by atoms with van der Waals surface area (Å²) >= 11 is 0. The zero-order valence-electron chi connectivity index (χ0n) is 13.7. The van der Waals surface area contributed by atoms with Gasteiger partial charge in [0.1, 0.15) is 5.75 Å². The molecule has 0 aliphatic carbocycles. The van der Waals surface area contributed by atoms with Gasteiger partial charge in [-0.2, -0.15) is 21.6 Å². The van der Waals surface area contributed by atoms with Crippen molar-refractivity contribution in [2.45, 2.75) is 5.51 Å². The molecule has 2 heterocycles. The Labute approximate surface area is 151 Å². The monoisotopic (exact) mass is 405 g/mol. The first kappa shape index (κ1) is 19.0. The second kappa shape index (κ2) is 6.76. The molecule has 146 valence electrons. The van der Waals surface area contributed by atoms with E-state index in [1.807, 2.05) is 4.90 Å². The standard InChI is InChI=1S/C15H14F3N3O5S/c16-15(17,18)27(24,25)26-12-1-2-13-10(8-12)7-11(9-19-13)20-3-5-21(6-4-20)14(22)23/h1-2,7-9H,3-6H2,(H,22,23). The minimum atomic E-state index is -5.76. The van der Waals surface area contributed by atoms with E-state index < -0.39 is 27.5 Å². The molecular formula is C15H14F3N3O5S. The summed E-state index contributed by atoms with van der Waals surface area (Å²) in [6.07, 6.45) is 0.560. The molecule has 1 fully saturated rings. The number of fused-ring (bicyclic) bond motifs is 1. The molecule has 0 atom stereocenters. The second-order valence-electron chi connectivity index (χ2n) is 5.79. The van der Waals surface area contributed by atoms with Crippen LogP contribution in [0.1, 0.15) is 0 Å². The van der Waals surface area contributed by atoms with Crippen LogP contribution in [0.5, 0.6) is 5.75 Å². The maximum atomic E-state index is 12.5. The number of pyridine rings is 1. The number of carbonyl (C=O) groups is 1. The lowest BCUT2D eigenvalue weighted by atomic mass is 10.2. The zero-order valence-corrected chi connectivity index (χ0v) is 14.5. The van der Waals surface area contributed by atoms with Gasteiger partial charge in [-0.1, -0.05) is 0 Å². The number of hydrogen-bond donors (Lipinski definition) is 1. The second-order valence-corrected chi connectivity index (χ2v) is 7.33. The average Bonchev–Trinajstić information content (AvgIpc) is 2.60. The number of rotatable bonds is 3. The number of alkyl halides is 3. The van der Waals surface area contributed by atoms with E-state index in [-0.39, 0.29) is 0 Å². The maximum absolute atomic E-state index is 12.5. The van der Waals surface area contributed by atoms with Crippen LogP contribution in [0.3, 0.4) is 0 Å². The van der Waals surface area contributed by atoms with E-state index in [1.54, 1.807) is 12.3 Å². The number of hydrogen-bond acceptors (Lipinski definition) is 6. The number of aromatic nitrogens is 1. The lowest BCUT2D eigenvalue weighted by molar-refractivity contribution is -0.0500. The Morgan fingerprint density at radius 3 is 2.41 bits per heavy atom. The molecule has 3 rings (SSSR count). The van der Waals surface area contributed by atoms with Crippen LogP contribution in [-0.4, -0.2) is 61.2 Å². The molecule has 0 unspecified atom stereocenters. The normalized spacial score (nSPS) is 15.8. The lowest BCUT2D eigenvalue weighted by Gasteiger charge is -2.34. The average molecular weight is 405 g/mol. The van der Waals surface area contributed by atoms with Crippen LogP contribution in [0.2, 0.25) is 0 Å². The van der Waals surface area contributed by atoms with Crippen molar-refractivity contribution in [1.82, 2.24) is 9.88 Å². The summed E-state index contributed by atoms with van der Waals surface area (Å²) in [7, 11) is -5.76. The largest absolute Gasteiger partial charge is 0.534 e. The van der Waals surface area contributed by atoms with Crippen LogP contribution in [0.25, 0.3) is 10.9 Å². The van der Waals surface area contributed by atoms with E-state index in [1.165, 1.54) is 11.0 Å². The summed E-state index contributed by atoms with van der Waals surface area (Å²) in [6.45, 7) is 1.47. The van der Waals surface area contributed by atoms with Crippen molar-refractivity contribution in [2.24, 2.45) is 0 Å². The number of nitrogens with zero attached hydrogens (tertiary/aromatic N) is 3. The number of amides is 1. The van der Waals surface area contributed by atoms with Gasteiger partial charge >= 0.3 is 21.7 Å². The van der Waals surface area contributed by atoms with E-state index in [0.29, 0.717) is 42.8 Å². The van der Waals surface area contributed by atoms with E-state index in [9.17, 15) is 26.4 Å². The minimum Gasteiger partial charge on any atom is -0.465 e. The fraction of sp³-hybridized carbons (Fsp3) is 0.333. The Morgan fingerprint density at radius 2 is 1.81 bits per heavy atom. The molecule has 0 saturated carbocycles. The Hall–Kier alpha value is -2.76. The number of benzene rings is 1. The summed E-state index contributed by atoms with van der Waals surface area (Å²) in [5.41, 5.74) is -4.44. The molecule has 27 heavy (non-hydrogen) atoms. The fourth-order valence-electron chi connectivity index (χ4n) is 2.65. The van der Waals surface area contributed by atoms with E-state index in [0.717, 1.165) is 12.1 Å². The molecule has 2 aromatic rings. The molecule has 0 bridgehead atoms. The number of piperazine rings is 1. The molecule has 1 aliphatic heterocycles. The van der Waals surface area contributed by atoms with Crippen molar-refractivity contribution in [1.29, 1.82) is 0 Å². The fourth-order valence-corrected chi connectivity index (χ4v) is 3.10. The number of carboxylic acid groups (broad SMARTS) is 1. The van der Waals surface area contributed by atoms with Gasteiger partial charge in [0.25, 0.3) is 0 Å². The first-order valence-electron chi connectivity index (χ1n) is 7.70. The lowest BCUT2D eigenvalue weighted by Crippen LogP contribution is -2.48. The van der Waals surface area contributed by atoms with Gasteiger partial charge in [0, 0.05) is 31.6 Å². The number of halogens is 3. The summed E-state index contributed by atoms with van der Waals surface area (Å²) in [5.74, 6) is -0.477. The van der Waals surface area contributed by atoms with E-state index in [2.05, 4.69) is 9.17 Å². The summed E-state index contributed by atoms with van der Waals surface area (Å²) in [6, 6.07) is 5.22. The summed E-state index contributed by atoms with van der Waals surface area (Å²) in [5, 5.41) is 9.36. The highest BCUT2D eigenvalue weighted by Gasteiger charge is 2.48. The van der Waals surface area contributed by atoms with Gasteiger partial charge in [-0.3, -0.25) is 4.98 Å². The molecule has 1 aliphatic rings. The molecule has 0 spiro atoms. The molecule has 1 saturated heterocycles. The van der Waals surface area contributed by atoms with Crippen LogP contribution >= 0.6 is 0 Å². The highest BCUT2D eigenvalue weighted by atomic mass is 32.2. The minimum absolute atomic E-state index is 0.306. The van der Waals surface area contributed by atoms with Crippen LogP contribution in [-0.2, 0) is 10.1 Å². The first-order chi connectivity index (χ1) is 12.6. The maximum Gasteiger partial charge on any atom is 0.534 e. The topological polar surface area (TPSA) is 100 Å². The van der Waals surface area contributed by atoms with Crippen molar-refractivity contribution in [3.8, 4) is 5.75 Å². The molecule has 1 aromatic carbocycles. The van der Waals surface area contributed by atoms with Crippen molar-refractivity contribution < 1.29 is 35.7 Å². The van der Waals surface area contributed by atoms with Crippen molar-refractivity contribution >= 4 is 32.8 Å². The Kier molecular flexibility index (Phi) is 4.76. The summed E-state index contributed by atoms with van der Waals surface area (Å²) in [4.78, 5) is 18.3. The smallest absolute Gasteiger partial charge is 0.465 e. The summed E-state index contributed by atoms with van der Waals surface area (Å²) < 4.78 is 63.8. The Morgan fingerprint density at radius 1 is 1.15 bits per heavy atom. The van der Waals surface area contributed by atoms with Crippen molar-refractivity contribution in [3.63, 3.8) is 0 Å². The Bertz CT molecular complexity index is 972. The van der Waals surface area contributed by atoms with Gasteiger partial charge in [-0.15, -0.1) is 0 Å². The molecule has 0 radical (unpaired) electrons. The third-order valence-electron chi connectivity index (χ3n) is 4.04. The van der Waals surface area contributed by atoms with Gasteiger partial charge in [-0.05, 0) is 24.3 Å². The van der Waals surface area contributed by atoms with E-state index >= 15 is 0 Å². The third-order valence-corrected chi connectivity index (χ3v) is 5.02. The quantitative estimate of drug-likeness (QED) is 0.618. The zero-order chi connectivity index (χ0) is 19.8. The van der Waals surface area contributed by atoms with Gasteiger partial charge in [0.15, 0.2) is 0 Å². The van der Waals surface area contributed by atoms with Gasteiger partial charge in [-0.25, -0.2) is 4.79 Å². The molecular weight excluding hydrogens is 391 g/mol. The van der Waals surface area contributed by atoms with Crippen LogP contribution < -0.4 is 9.08 Å². The molecule has 1 aromatic heterocycles. The van der Waals surface area contributed by atoms with Crippen LogP contribution in [0.15, 0.2) is 30.5 Å². The van der Waals surface area contributed by atoms with Crippen molar-refractivity contribution in [3.05, 3.63) is 30.5 Å². The molecule has 8 nitrogen and oxygen atoms in total. The third kappa shape index (κ3) is 3.99. The van der Waals surface area contributed by atoms with Gasteiger partial charge in [0.05, 0.1) is 17.4 Å². The van der Waals surface area contributed by atoms with E-state index in [4.69, 9.17) is 5.11 Å². The SMILES string of the molecule is O=C(O)N1CCN(c2cnc3ccc(OS(=O)(=O)C(F)(F)F)cc3c2)CC1. The molecule has 1 amide bonds. The first-order valence-corrected chi connectivity index (χ1v) is 9.11. The molecule has 1 N–H and O–H groups in total. The van der Waals surface area contributed by atoms with Gasteiger partial charge in [0.2, 0.25) is 0 Å². The van der Waals surface area contributed by atoms with Crippen molar-refractivity contribution in [2.75, 3.05) is 31.1 Å². The van der Waals surface area contributed by atoms with Gasteiger partial charge < -0.3 is 19.1 Å². The highest BCUT2D eigenvalue weighted by molar-refractivity contribution is 7.88.